The summed E-state index contributed by atoms with van der Waals surface area (Å²) in [5.41, 5.74) is 2.94. The summed E-state index contributed by atoms with van der Waals surface area (Å²) in [4.78, 5) is 17.9. The molecule has 10 heteroatoms. The molecule has 0 bridgehead atoms. The van der Waals surface area contributed by atoms with Crippen LogP contribution in [0.3, 0.4) is 0 Å². The summed E-state index contributed by atoms with van der Waals surface area (Å²) in [7, 11) is -1.20. The van der Waals surface area contributed by atoms with Crippen LogP contribution in [-0.2, 0) is 17.4 Å². The lowest BCUT2D eigenvalue weighted by atomic mass is 10.0. The quantitative estimate of drug-likeness (QED) is 0.157. The first-order valence-corrected chi connectivity index (χ1v) is 14.6. The van der Waals surface area contributed by atoms with Crippen LogP contribution in [0.4, 0.5) is 4.39 Å². The fourth-order valence-corrected chi connectivity index (χ4v) is 5.31. The number of carbonyl (C=O) groups excluding carboxylic acids is 1. The van der Waals surface area contributed by atoms with Gasteiger partial charge in [-0.25, -0.2) is 17.8 Å². The summed E-state index contributed by atoms with van der Waals surface area (Å²) in [5.74, 6) is 1.04. The molecule has 2 aromatic carbocycles. The zero-order valence-corrected chi connectivity index (χ0v) is 23.4. The standard InChI is InChI=1S/C30H32FN3O5S/c1-3-4-5-16-34(40(36)37)18-26-24(19-6-7-19)17-25-27(29(35)32-2)28(39-30(25)33-26)20-8-12-22(13-9-20)38-23-14-10-21(31)11-15-23/h8-15,17,19,40H,3-7,16,18H2,1-2H3,(H,32,35). The van der Waals surface area contributed by atoms with Crippen molar-refractivity contribution in [2.24, 2.45) is 0 Å². The number of benzene rings is 2. The highest BCUT2D eigenvalue weighted by Gasteiger charge is 2.31. The zero-order valence-electron chi connectivity index (χ0n) is 22.5. The first kappa shape index (κ1) is 27.8. The Morgan fingerprint density at radius 2 is 1.77 bits per heavy atom. The minimum Gasteiger partial charge on any atom is -0.457 e. The molecule has 0 radical (unpaired) electrons. The number of carbonyl (C=O) groups is 1. The Morgan fingerprint density at radius 1 is 1.10 bits per heavy atom. The van der Waals surface area contributed by atoms with E-state index in [0.29, 0.717) is 46.0 Å². The first-order valence-electron chi connectivity index (χ1n) is 13.5. The molecular weight excluding hydrogens is 533 g/mol. The normalized spacial score (nSPS) is 13.3. The number of furan rings is 1. The van der Waals surface area contributed by atoms with Crippen molar-refractivity contribution in [1.29, 1.82) is 0 Å². The Bertz CT molecular complexity index is 1570. The van der Waals surface area contributed by atoms with Gasteiger partial charge in [0.2, 0.25) is 16.6 Å². The second-order valence-corrected chi connectivity index (χ2v) is 11.0. The lowest BCUT2D eigenvalue weighted by Crippen LogP contribution is -2.24. The minimum atomic E-state index is -2.76. The maximum atomic E-state index is 13.2. The van der Waals surface area contributed by atoms with Gasteiger partial charge in [-0.3, -0.25) is 4.79 Å². The first-order chi connectivity index (χ1) is 19.4. The van der Waals surface area contributed by atoms with E-state index in [4.69, 9.17) is 14.1 Å². The molecule has 210 valence electrons. The predicted octanol–water partition coefficient (Wildman–Crippen LogP) is 6.18. The van der Waals surface area contributed by atoms with Crippen molar-refractivity contribution >= 4 is 27.9 Å². The average Bonchev–Trinajstić information content (AvgIpc) is 3.73. The molecule has 0 aliphatic heterocycles. The molecule has 8 nitrogen and oxygen atoms in total. The maximum absolute atomic E-state index is 13.2. The van der Waals surface area contributed by atoms with E-state index >= 15 is 0 Å². The summed E-state index contributed by atoms with van der Waals surface area (Å²) in [6.07, 6.45) is 4.72. The van der Waals surface area contributed by atoms with Crippen molar-refractivity contribution in [3.63, 3.8) is 0 Å². The van der Waals surface area contributed by atoms with Gasteiger partial charge in [0.05, 0.1) is 23.2 Å². The highest BCUT2D eigenvalue weighted by atomic mass is 32.2. The number of hydrogen-bond donors (Lipinski definition) is 2. The number of pyridine rings is 1. The summed E-state index contributed by atoms with van der Waals surface area (Å²) in [6, 6.07) is 14.7. The van der Waals surface area contributed by atoms with Crippen LogP contribution in [0.1, 0.15) is 66.6 Å². The zero-order chi connectivity index (χ0) is 28.2. The molecule has 4 aromatic rings. The molecule has 1 aliphatic carbocycles. The number of ether oxygens (including phenoxy) is 1. The average molecular weight is 566 g/mol. The van der Waals surface area contributed by atoms with Crippen LogP contribution in [-0.4, -0.2) is 37.2 Å². The van der Waals surface area contributed by atoms with Crippen LogP contribution in [0, 0.1) is 5.82 Å². The van der Waals surface area contributed by atoms with Crippen LogP contribution in [0.25, 0.3) is 22.4 Å². The SMILES string of the molecule is CCCCCN(Cc1nc2oc(-c3ccc(Oc4ccc(F)cc4)cc3)c(C(=O)NC)c2cc1C1CC1)[SH](=O)=O. The molecule has 1 N–H and O–H groups in total. The van der Waals surface area contributed by atoms with Gasteiger partial charge in [-0.15, -0.1) is 0 Å². The van der Waals surface area contributed by atoms with E-state index in [-0.39, 0.29) is 29.9 Å². The summed E-state index contributed by atoms with van der Waals surface area (Å²) >= 11 is 0. The molecule has 2 heterocycles. The van der Waals surface area contributed by atoms with Gasteiger partial charge in [-0.1, -0.05) is 19.8 Å². The minimum absolute atomic E-state index is 0.172. The number of hydrogen-bond acceptors (Lipinski definition) is 6. The lowest BCUT2D eigenvalue weighted by molar-refractivity contribution is 0.0964. The van der Waals surface area contributed by atoms with Gasteiger partial charge in [0.15, 0.2) is 0 Å². The van der Waals surface area contributed by atoms with Crippen LogP contribution >= 0.6 is 0 Å². The molecule has 5 rings (SSSR count). The number of amides is 1. The van der Waals surface area contributed by atoms with Gasteiger partial charge in [-0.05, 0) is 85.3 Å². The third-order valence-electron chi connectivity index (χ3n) is 7.02. The molecule has 40 heavy (non-hydrogen) atoms. The third kappa shape index (κ3) is 6.18. The molecule has 1 saturated carbocycles. The van der Waals surface area contributed by atoms with E-state index in [9.17, 15) is 17.6 Å². The molecule has 1 aliphatic rings. The number of nitrogens with zero attached hydrogens (tertiary/aromatic N) is 2. The molecule has 0 saturated heterocycles. The van der Waals surface area contributed by atoms with Gasteiger partial charge < -0.3 is 14.5 Å². The van der Waals surface area contributed by atoms with Crippen molar-refractivity contribution in [3.8, 4) is 22.8 Å². The Hall–Kier alpha value is -3.76. The lowest BCUT2D eigenvalue weighted by Gasteiger charge is -2.17. The second kappa shape index (κ2) is 12.2. The van der Waals surface area contributed by atoms with Crippen molar-refractivity contribution in [1.82, 2.24) is 14.6 Å². The van der Waals surface area contributed by atoms with E-state index in [2.05, 4.69) is 12.2 Å². The summed E-state index contributed by atoms with van der Waals surface area (Å²) < 4.78 is 50.7. The number of fused-ring (bicyclic) bond motifs is 1. The van der Waals surface area contributed by atoms with Gasteiger partial charge in [-0.2, -0.15) is 4.31 Å². The highest BCUT2D eigenvalue weighted by Crippen LogP contribution is 2.44. The summed E-state index contributed by atoms with van der Waals surface area (Å²) in [5, 5.41) is 3.30. The number of nitrogens with one attached hydrogen (secondary N) is 1. The Kier molecular flexibility index (Phi) is 8.46. The van der Waals surface area contributed by atoms with Crippen LogP contribution in [0.15, 0.2) is 59.0 Å². The van der Waals surface area contributed by atoms with Crippen molar-refractivity contribution in [2.75, 3.05) is 13.6 Å². The molecular formula is C30H32FN3O5S. The molecule has 2 aromatic heterocycles. The smallest absolute Gasteiger partial charge is 0.255 e. The number of thiol groups is 1. The summed E-state index contributed by atoms with van der Waals surface area (Å²) in [6.45, 7) is 2.69. The molecule has 0 unspecified atom stereocenters. The van der Waals surface area contributed by atoms with Gasteiger partial charge in [0, 0.05) is 19.2 Å². The highest BCUT2D eigenvalue weighted by molar-refractivity contribution is 7.69. The van der Waals surface area contributed by atoms with Crippen molar-refractivity contribution in [2.45, 2.75) is 51.5 Å². The van der Waals surface area contributed by atoms with Crippen molar-refractivity contribution < 1.29 is 26.8 Å². The largest absolute Gasteiger partial charge is 0.457 e. The van der Waals surface area contributed by atoms with Crippen LogP contribution < -0.4 is 10.1 Å². The number of unbranched alkanes of at least 4 members (excludes halogenated alkanes) is 2. The number of aromatic nitrogens is 1. The van der Waals surface area contributed by atoms with Crippen LogP contribution in [0.2, 0.25) is 0 Å². The fraction of sp³-hybridized carbons (Fsp3) is 0.333. The van der Waals surface area contributed by atoms with E-state index < -0.39 is 10.9 Å². The third-order valence-corrected chi connectivity index (χ3v) is 7.82. The van der Waals surface area contributed by atoms with Gasteiger partial charge in [0.1, 0.15) is 23.1 Å². The Morgan fingerprint density at radius 3 is 2.38 bits per heavy atom. The fourth-order valence-electron chi connectivity index (χ4n) is 4.75. The molecule has 1 amide bonds. The van der Waals surface area contributed by atoms with E-state index in [1.165, 1.54) is 16.4 Å². The second-order valence-electron chi connectivity index (χ2n) is 9.95. The number of halogens is 1. The van der Waals surface area contributed by atoms with E-state index in [0.717, 1.165) is 37.7 Å². The van der Waals surface area contributed by atoms with E-state index in [1.54, 1.807) is 43.4 Å². The molecule has 1 fully saturated rings. The maximum Gasteiger partial charge on any atom is 0.255 e. The van der Waals surface area contributed by atoms with Crippen LogP contribution in [0.5, 0.6) is 11.5 Å². The predicted molar refractivity (Wildman–Crippen MR) is 152 cm³/mol. The molecule has 0 spiro atoms. The Labute approximate surface area is 234 Å². The molecule has 0 atom stereocenters. The van der Waals surface area contributed by atoms with Gasteiger partial charge >= 0.3 is 0 Å². The van der Waals surface area contributed by atoms with E-state index in [1.807, 2.05) is 6.07 Å². The van der Waals surface area contributed by atoms with Crippen molar-refractivity contribution in [3.05, 3.63) is 77.2 Å². The monoisotopic (exact) mass is 565 g/mol. The van der Waals surface area contributed by atoms with Gasteiger partial charge in [0.25, 0.3) is 5.91 Å². The Balaban J connectivity index is 1.51. The topological polar surface area (TPSA) is 102 Å². The number of rotatable bonds is 12.